The van der Waals surface area contributed by atoms with Crippen molar-refractivity contribution in [3.05, 3.63) is 11.8 Å². The minimum atomic E-state index is -1.51. The molecule has 0 unspecified atom stereocenters. The fourth-order valence-corrected chi connectivity index (χ4v) is 3.03. The number of ether oxygens (including phenoxy) is 7. The van der Waals surface area contributed by atoms with Crippen molar-refractivity contribution in [3.63, 3.8) is 0 Å². The molecule has 1 aliphatic heterocycles. The maximum atomic E-state index is 12.2. The quantitative estimate of drug-likeness (QED) is 0.166. The molecule has 1 aliphatic rings. The Kier molecular flexibility index (Phi) is 11.9. The Morgan fingerprint density at radius 3 is 1.71 bits per heavy atom. The van der Waals surface area contributed by atoms with E-state index in [1.807, 2.05) is 0 Å². The van der Waals surface area contributed by atoms with Crippen LogP contribution in [0.2, 0.25) is 0 Å². The second kappa shape index (κ2) is 14.0. The number of carbonyl (C=O) groups excluding carboxylic acids is 6. The Balaban J connectivity index is 3.42. The molecule has 0 aromatic carbocycles. The Morgan fingerprint density at radius 1 is 0.714 bits per heavy atom. The maximum absolute atomic E-state index is 12.2. The molecule has 35 heavy (non-hydrogen) atoms. The van der Waals surface area contributed by atoms with Crippen LogP contribution in [0, 0.1) is 0 Å². The van der Waals surface area contributed by atoms with Gasteiger partial charge in [0.05, 0.1) is 11.8 Å². The van der Waals surface area contributed by atoms with Crippen molar-refractivity contribution in [2.45, 2.75) is 78.7 Å². The molecule has 0 N–H and O–H groups in total. The lowest BCUT2D eigenvalue weighted by molar-refractivity contribution is -0.297. The van der Waals surface area contributed by atoms with Gasteiger partial charge in [-0.05, 0) is 0 Å². The first kappa shape index (κ1) is 29.6. The summed E-state index contributed by atoms with van der Waals surface area (Å²) in [5.74, 6) is -4.09. The summed E-state index contributed by atoms with van der Waals surface area (Å²) >= 11 is 0. The smallest absolute Gasteiger partial charge is 0.303 e. The normalized spacial score (nSPS) is 23.9. The summed E-state index contributed by atoms with van der Waals surface area (Å²) in [6.07, 6.45) is -5.92. The lowest BCUT2D eigenvalue weighted by Crippen LogP contribution is -2.62. The van der Waals surface area contributed by atoms with Crippen LogP contribution in [-0.4, -0.2) is 79.5 Å². The van der Waals surface area contributed by atoms with Crippen molar-refractivity contribution in [2.24, 2.45) is 0 Å². The minimum Gasteiger partial charge on any atom is -0.468 e. The molecule has 0 aromatic rings. The Morgan fingerprint density at radius 2 is 1.23 bits per heavy atom. The minimum absolute atomic E-state index is 0.0319. The number of hydrogen-bond donors (Lipinski definition) is 0. The molecule has 0 bridgehead atoms. The van der Waals surface area contributed by atoms with E-state index in [2.05, 4.69) is 0 Å². The SMILES string of the molecule is CCC(=O)/C(=C/O[C@@H]1O[C@H](COC(C)=O)[C@@H](OC(C)=O)[C@H](OC(C)=O)[C@H]1OC(C)=O)COC(C)=O. The summed E-state index contributed by atoms with van der Waals surface area (Å²) in [5, 5.41) is 0. The molecular weight excluding hydrogens is 472 g/mol. The van der Waals surface area contributed by atoms with Gasteiger partial charge in [0.2, 0.25) is 12.4 Å². The highest BCUT2D eigenvalue weighted by atomic mass is 16.7. The summed E-state index contributed by atoms with van der Waals surface area (Å²) in [4.78, 5) is 70.1. The van der Waals surface area contributed by atoms with Crippen LogP contribution in [0.15, 0.2) is 11.8 Å². The van der Waals surface area contributed by atoms with Gasteiger partial charge < -0.3 is 33.2 Å². The first-order valence-electron chi connectivity index (χ1n) is 10.7. The highest BCUT2D eigenvalue weighted by Crippen LogP contribution is 2.30. The average Bonchev–Trinajstić information content (AvgIpc) is 2.74. The van der Waals surface area contributed by atoms with Crippen LogP contribution < -0.4 is 0 Å². The third kappa shape index (κ3) is 10.1. The summed E-state index contributed by atoms with van der Waals surface area (Å²) in [5.41, 5.74) is -0.0319. The summed E-state index contributed by atoms with van der Waals surface area (Å²) in [7, 11) is 0. The molecule has 0 aromatic heterocycles. The predicted molar refractivity (Wildman–Crippen MR) is 113 cm³/mol. The monoisotopic (exact) mass is 502 g/mol. The summed E-state index contributed by atoms with van der Waals surface area (Å²) in [6.45, 7) is 6.31. The summed E-state index contributed by atoms with van der Waals surface area (Å²) in [6, 6.07) is 0. The van der Waals surface area contributed by atoms with E-state index in [1.54, 1.807) is 6.92 Å². The molecule has 0 spiro atoms. The molecule has 13 nitrogen and oxygen atoms in total. The number of hydrogen-bond acceptors (Lipinski definition) is 13. The molecule has 1 heterocycles. The van der Waals surface area contributed by atoms with Gasteiger partial charge in [0, 0.05) is 41.0 Å². The zero-order chi connectivity index (χ0) is 26.7. The third-order valence-electron chi connectivity index (χ3n) is 4.40. The van der Waals surface area contributed by atoms with E-state index >= 15 is 0 Å². The van der Waals surface area contributed by atoms with Gasteiger partial charge in [-0.2, -0.15) is 0 Å². The van der Waals surface area contributed by atoms with Gasteiger partial charge in [-0.3, -0.25) is 28.8 Å². The molecule has 5 atom stereocenters. The van der Waals surface area contributed by atoms with Crippen molar-refractivity contribution >= 4 is 35.6 Å². The molecule has 196 valence electrons. The van der Waals surface area contributed by atoms with Crippen LogP contribution in [-0.2, 0) is 61.9 Å². The zero-order valence-corrected chi connectivity index (χ0v) is 20.4. The van der Waals surface area contributed by atoms with Gasteiger partial charge in [-0.15, -0.1) is 0 Å². The second-order valence-electron chi connectivity index (χ2n) is 7.40. The van der Waals surface area contributed by atoms with Crippen molar-refractivity contribution in [3.8, 4) is 0 Å². The Hall–Kier alpha value is -3.48. The van der Waals surface area contributed by atoms with Crippen LogP contribution in [0.25, 0.3) is 0 Å². The van der Waals surface area contributed by atoms with E-state index in [-0.39, 0.29) is 12.0 Å². The fourth-order valence-electron chi connectivity index (χ4n) is 3.03. The van der Waals surface area contributed by atoms with Crippen LogP contribution in [0.5, 0.6) is 0 Å². The van der Waals surface area contributed by atoms with Gasteiger partial charge in [-0.25, -0.2) is 0 Å². The van der Waals surface area contributed by atoms with Gasteiger partial charge in [0.1, 0.15) is 19.3 Å². The van der Waals surface area contributed by atoms with Crippen molar-refractivity contribution in [1.29, 1.82) is 0 Å². The lowest BCUT2D eigenvalue weighted by atomic mass is 9.98. The van der Waals surface area contributed by atoms with Crippen molar-refractivity contribution in [2.75, 3.05) is 13.2 Å². The molecule has 1 saturated heterocycles. The van der Waals surface area contributed by atoms with E-state index < -0.39 is 79.5 Å². The zero-order valence-electron chi connectivity index (χ0n) is 20.4. The number of ketones is 1. The molecule has 1 rings (SSSR count). The van der Waals surface area contributed by atoms with Crippen LogP contribution in [0.1, 0.15) is 48.0 Å². The van der Waals surface area contributed by atoms with Gasteiger partial charge in [0.15, 0.2) is 18.0 Å². The second-order valence-corrected chi connectivity index (χ2v) is 7.40. The maximum Gasteiger partial charge on any atom is 0.303 e. The average molecular weight is 502 g/mol. The molecule has 13 heteroatoms. The first-order valence-corrected chi connectivity index (χ1v) is 10.7. The molecular formula is C22H30O13. The predicted octanol–water partition coefficient (Wildman–Crippen LogP) is 0.512. The first-order chi connectivity index (χ1) is 16.3. The number of rotatable bonds is 11. The fraction of sp³-hybridized carbons (Fsp3) is 0.636. The molecule has 0 saturated carbocycles. The number of Topliss-reactive ketones (excluding diaryl/α,β-unsaturated/α-hetero) is 1. The van der Waals surface area contributed by atoms with Gasteiger partial charge >= 0.3 is 29.8 Å². The van der Waals surface area contributed by atoms with Crippen LogP contribution in [0.4, 0.5) is 0 Å². The molecule has 0 amide bonds. The van der Waals surface area contributed by atoms with Crippen molar-refractivity contribution in [1.82, 2.24) is 0 Å². The van der Waals surface area contributed by atoms with Gasteiger partial charge in [0.25, 0.3) is 0 Å². The molecule has 0 radical (unpaired) electrons. The van der Waals surface area contributed by atoms with E-state index in [9.17, 15) is 28.8 Å². The molecule has 0 aliphatic carbocycles. The molecule has 1 fully saturated rings. The van der Waals surface area contributed by atoms with Crippen molar-refractivity contribution < 1.29 is 61.9 Å². The Bertz CT molecular complexity index is 846. The summed E-state index contributed by atoms with van der Waals surface area (Å²) < 4.78 is 37.0. The highest BCUT2D eigenvalue weighted by Gasteiger charge is 2.53. The standard InChI is InChI=1S/C22H30O13/c1-7-17(28)16(8-29-11(2)23)9-31-22-21(34-15(6)27)20(33-14(5)26)19(32-13(4)25)18(35-22)10-30-12(3)24/h9,18-22H,7-8,10H2,1-6H3/b16-9+/t18-,19-,20+,21-,22-/m1/s1. The van der Waals surface area contributed by atoms with E-state index in [4.69, 9.17) is 33.2 Å². The third-order valence-corrected chi connectivity index (χ3v) is 4.40. The largest absolute Gasteiger partial charge is 0.468 e. The van der Waals surface area contributed by atoms with E-state index in [0.29, 0.717) is 0 Å². The Labute approximate surface area is 201 Å². The number of carbonyl (C=O) groups is 6. The van der Waals surface area contributed by atoms with Crippen LogP contribution in [0.3, 0.4) is 0 Å². The topological polar surface area (TPSA) is 167 Å². The van der Waals surface area contributed by atoms with Crippen LogP contribution >= 0.6 is 0 Å². The highest BCUT2D eigenvalue weighted by molar-refractivity contribution is 5.95. The van der Waals surface area contributed by atoms with E-state index in [0.717, 1.165) is 40.9 Å². The van der Waals surface area contributed by atoms with E-state index in [1.165, 1.54) is 0 Å². The number of esters is 5. The van der Waals surface area contributed by atoms with Gasteiger partial charge in [-0.1, -0.05) is 6.92 Å². The lowest BCUT2D eigenvalue weighted by Gasteiger charge is -2.43.